The number of halogens is 1. The molecule has 0 amide bonds. The second kappa shape index (κ2) is 3.50. The van der Waals surface area contributed by atoms with Crippen molar-refractivity contribution in [1.82, 2.24) is 4.98 Å². The minimum absolute atomic E-state index is 0.229. The lowest BCUT2D eigenvalue weighted by Crippen LogP contribution is -2.69. The molecule has 2 N–H and O–H groups in total. The molecule has 2 aromatic rings. The van der Waals surface area contributed by atoms with Crippen LogP contribution in [0.5, 0.6) is 0 Å². The Balaban J connectivity index is 2.05. The fourth-order valence-corrected chi connectivity index (χ4v) is 1.69. The van der Waals surface area contributed by atoms with Crippen LogP contribution in [0.2, 0.25) is 0 Å². The number of pyridine rings is 1. The number of benzene rings is 1. The summed E-state index contributed by atoms with van der Waals surface area (Å²) in [5.74, 6) is -0.229. The second-order valence-electron chi connectivity index (χ2n) is 3.61. The zero-order valence-electron chi connectivity index (χ0n) is 8.39. The fraction of sp³-hybridized carbons (Fsp3) is 0. The van der Waals surface area contributed by atoms with Gasteiger partial charge in [-0.1, -0.05) is 17.2 Å². The van der Waals surface area contributed by atoms with E-state index in [4.69, 9.17) is 0 Å². The molecule has 0 radical (unpaired) electrons. The summed E-state index contributed by atoms with van der Waals surface area (Å²) < 4.78 is 12.8. The molecule has 1 aromatic carbocycles. The number of nitrogens with zero attached hydrogens (tertiary/aromatic N) is 2. The molecule has 0 saturated carbocycles. The van der Waals surface area contributed by atoms with Crippen molar-refractivity contribution >= 4 is 11.9 Å². The molecule has 1 aliphatic heterocycles. The lowest BCUT2D eigenvalue weighted by molar-refractivity contribution is -0.573. The van der Waals surface area contributed by atoms with E-state index in [-0.39, 0.29) is 5.82 Å². The first-order valence-corrected chi connectivity index (χ1v) is 4.95. The molecule has 2 heterocycles. The minimum Gasteiger partial charge on any atom is -0.248 e. The first-order valence-electron chi connectivity index (χ1n) is 4.95. The molecular formula is C12H9FN3+. The SMILES string of the molecule is Fc1ccc(-c2cnc3c(c2)[NH2+]N=C3)cc1. The molecule has 0 saturated heterocycles. The topological polar surface area (TPSA) is 41.9 Å². The van der Waals surface area contributed by atoms with Crippen LogP contribution in [-0.2, 0) is 0 Å². The van der Waals surface area contributed by atoms with E-state index in [1.165, 1.54) is 12.1 Å². The average molecular weight is 214 g/mol. The molecule has 4 heteroatoms. The largest absolute Gasteiger partial charge is 0.248 e. The molecule has 1 aliphatic rings. The maximum atomic E-state index is 12.8. The molecule has 78 valence electrons. The molecule has 0 atom stereocenters. The number of hydrogen-bond acceptors (Lipinski definition) is 2. The number of nitrogens with two attached hydrogens (primary N) is 1. The number of hydrogen-bond donors (Lipinski definition) is 1. The van der Waals surface area contributed by atoms with E-state index >= 15 is 0 Å². The zero-order valence-corrected chi connectivity index (χ0v) is 8.39. The van der Waals surface area contributed by atoms with Crippen LogP contribution >= 0.6 is 0 Å². The summed E-state index contributed by atoms with van der Waals surface area (Å²) in [4.78, 5) is 4.28. The van der Waals surface area contributed by atoms with E-state index in [1.54, 1.807) is 30.0 Å². The van der Waals surface area contributed by atoms with Crippen molar-refractivity contribution in [1.29, 1.82) is 0 Å². The van der Waals surface area contributed by atoms with Gasteiger partial charge in [-0.2, -0.15) is 5.43 Å². The third kappa shape index (κ3) is 1.49. The van der Waals surface area contributed by atoms with E-state index in [0.29, 0.717) is 0 Å². The zero-order chi connectivity index (χ0) is 11.0. The Bertz CT molecular complexity index is 561. The monoisotopic (exact) mass is 214 g/mol. The Labute approximate surface area is 91.6 Å². The molecule has 0 unspecified atom stereocenters. The Morgan fingerprint density at radius 2 is 1.88 bits per heavy atom. The molecule has 3 nitrogen and oxygen atoms in total. The Kier molecular flexibility index (Phi) is 2.01. The third-order valence-corrected chi connectivity index (χ3v) is 2.54. The van der Waals surface area contributed by atoms with Gasteiger partial charge in [0.2, 0.25) is 0 Å². The highest BCUT2D eigenvalue weighted by Crippen LogP contribution is 2.22. The number of fused-ring (bicyclic) bond motifs is 1. The molecule has 1 aromatic heterocycles. The lowest BCUT2D eigenvalue weighted by atomic mass is 10.1. The van der Waals surface area contributed by atoms with E-state index < -0.39 is 0 Å². The van der Waals surface area contributed by atoms with Crippen LogP contribution in [0.4, 0.5) is 10.1 Å². The standard InChI is InChI=1S/C12H8FN3/c13-10-3-1-8(2-4-10)9-5-11-12(14-6-9)7-15-16-11/h1-7H,(H,15,16)/p+1. The first kappa shape index (κ1) is 9.18. The van der Waals surface area contributed by atoms with Crippen LogP contribution in [0, 0.1) is 5.82 Å². The molecule has 0 fully saturated rings. The van der Waals surface area contributed by atoms with Crippen LogP contribution in [0.3, 0.4) is 0 Å². The predicted octanol–water partition coefficient (Wildman–Crippen LogP) is 1.43. The first-order chi connectivity index (χ1) is 7.83. The van der Waals surface area contributed by atoms with Crippen molar-refractivity contribution in [3.05, 3.63) is 48.0 Å². The molecule has 3 rings (SSSR count). The van der Waals surface area contributed by atoms with Crippen LogP contribution < -0.4 is 5.43 Å². The van der Waals surface area contributed by atoms with Crippen molar-refractivity contribution in [2.24, 2.45) is 5.10 Å². The van der Waals surface area contributed by atoms with Gasteiger partial charge < -0.3 is 0 Å². The molecule has 0 aliphatic carbocycles. The van der Waals surface area contributed by atoms with Crippen molar-refractivity contribution in [3.8, 4) is 11.1 Å². The van der Waals surface area contributed by atoms with Crippen LogP contribution in [0.25, 0.3) is 11.1 Å². The van der Waals surface area contributed by atoms with Gasteiger partial charge in [0, 0.05) is 17.8 Å². The Morgan fingerprint density at radius 1 is 1.06 bits per heavy atom. The van der Waals surface area contributed by atoms with Gasteiger partial charge in [0.15, 0.2) is 5.69 Å². The van der Waals surface area contributed by atoms with Crippen molar-refractivity contribution in [2.45, 2.75) is 0 Å². The number of rotatable bonds is 1. The van der Waals surface area contributed by atoms with Gasteiger partial charge >= 0.3 is 0 Å². The Hall–Kier alpha value is -2.07. The summed E-state index contributed by atoms with van der Waals surface area (Å²) in [7, 11) is 0. The molecular weight excluding hydrogens is 205 g/mol. The highest BCUT2D eigenvalue weighted by molar-refractivity contribution is 5.85. The van der Waals surface area contributed by atoms with Gasteiger partial charge in [0.25, 0.3) is 0 Å². The normalized spacial score (nSPS) is 12.8. The quantitative estimate of drug-likeness (QED) is 0.717. The smallest absolute Gasteiger partial charge is 0.184 e. The summed E-state index contributed by atoms with van der Waals surface area (Å²) in [5, 5.41) is 4.03. The highest BCUT2D eigenvalue weighted by Gasteiger charge is 2.13. The summed E-state index contributed by atoms with van der Waals surface area (Å²) in [5.41, 5.74) is 5.58. The Morgan fingerprint density at radius 3 is 2.69 bits per heavy atom. The fourth-order valence-electron chi connectivity index (χ4n) is 1.69. The summed E-state index contributed by atoms with van der Waals surface area (Å²) in [6.07, 6.45) is 3.50. The number of quaternary nitrogens is 1. The van der Waals surface area contributed by atoms with Crippen LogP contribution in [0.15, 0.2) is 41.6 Å². The van der Waals surface area contributed by atoms with E-state index in [2.05, 4.69) is 10.1 Å². The summed E-state index contributed by atoms with van der Waals surface area (Å²) >= 11 is 0. The van der Waals surface area contributed by atoms with Gasteiger partial charge in [-0.3, -0.25) is 0 Å². The van der Waals surface area contributed by atoms with Crippen LogP contribution in [0.1, 0.15) is 5.69 Å². The molecule has 16 heavy (non-hydrogen) atoms. The van der Waals surface area contributed by atoms with Crippen molar-refractivity contribution in [3.63, 3.8) is 0 Å². The maximum absolute atomic E-state index is 12.8. The van der Waals surface area contributed by atoms with Gasteiger partial charge in [-0.15, -0.1) is 0 Å². The summed E-state index contributed by atoms with van der Waals surface area (Å²) in [6, 6.07) is 8.39. The van der Waals surface area contributed by atoms with Gasteiger partial charge in [-0.25, -0.2) is 9.37 Å². The highest BCUT2D eigenvalue weighted by atomic mass is 19.1. The second-order valence-corrected chi connectivity index (χ2v) is 3.61. The molecule has 0 spiro atoms. The predicted molar refractivity (Wildman–Crippen MR) is 58.8 cm³/mol. The van der Waals surface area contributed by atoms with E-state index in [9.17, 15) is 4.39 Å². The number of aromatic nitrogens is 1. The van der Waals surface area contributed by atoms with Gasteiger partial charge in [0.1, 0.15) is 17.7 Å². The van der Waals surface area contributed by atoms with Gasteiger partial charge in [-0.05, 0) is 17.7 Å². The van der Waals surface area contributed by atoms with Crippen molar-refractivity contribution in [2.75, 3.05) is 0 Å². The average Bonchev–Trinajstić information content (AvgIpc) is 2.77. The van der Waals surface area contributed by atoms with Gasteiger partial charge in [0.05, 0.1) is 0 Å². The third-order valence-electron chi connectivity index (χ3n) is 2.54. The van der Waals surface area contributed by atoms with Crippen molar-refractivity contribution < 1.29 is 9.82 Å². The maximum Gasteiger partial charge on any atom is 0.184 e. The van der Waals surface area contributed by atoms with E-state index in [1.807, 2.05) is 6.07 Å². The minimum atomic E-state index is -0.229. The van der Waals surface area contributed by atoms with E-state index in [0.717, 1.165) is 22.5 Å². The lowest BCUT2D eigenvalue weighted by Gasteiger charge is -2.01. The molecule has 0 bridgehead atoms. The van der Waals surface area contributed by atoms with Crippen LogP contribution in [-0.4, -0.2) is 11.2 Å². The summed E-state index contributed by atoms with van der Waals surface area (Å²) in [6.45, 7) is 0.